The molecule has 0 spiro atoms. The van der Waals surface area contributed by atoms with Crippen molar-refractivity contribution in [1.29, 1.82) is 0 Å². The second kappa shape index (κ2) is 5.92. The highest BCUT2D eigenvalue weighted by atomic mass is 19.1. The lowest BCUT2D eigenvalue weighted by molar-refractivity contribution is 0.194. The van der Waals surface area contributed by atoms with Crippen molar-refractivity contribution >= 4 is 11.4 Å². The van der Waals surface area contributed by atoms with E-state index in [9.17, 15) is 9.50 Å². The summed E-state index contributed by atoms with van der Waals surface area (Å²) in [5, 5.41) is 9.81. The molecule has 2 rings (SSSR count). The van der Waals surface area contributed by atoms with Gasteiger partial charge in [-0.2, -0.15) is 0 Å². The molecule has 0 heterocycles. The molecule has 0 aliphatic heterocycles. The van der Waals surface area contributed by atoms with Crippen molar-refractivity contribution in [1.82, 2.24) is 0 Å². The summed E-state index contributed by atoms with van der Waals surface area (Å²) >= 11 is 0. The Balaban J connectivity index is 2.54. The Morgan fingerprint density at radius 2 is 1.75 bits per heavy atom. The standard InChI is InChI=1S/C16H18FNO2/c1-11(19)16-12(17)7-6-9-14(16)18(2)13-8-4-5-10-15(13)20-3/h4-11,19H,1-3H3/t11-/m1/s1. The maximum Gasteiger partial charge on any atom is 0.142 e. The highest BCUT2D eigenvalue weighted by Gasteiger charge is 2.18. The molecule has 106 valence electrons. The second-order valence-electron chi connectivity index (χ2n) is 4.58. The highest BCUT2D eigenvalue weighted by Crippen LogP contribution is 2.36. The summed E-state index contributed by atoms with van der Waals surface area (Å²) in [6.45, 7) is 1.55. The summed E-state index contributed by atoms with van der Waals surface area (Å²) in [7, 11) is 3.41. The number of nitrogens with zero attached hydrogens (tertiary/aromatic N) is 1. The van der Waals surface area contributed by atoms with Gasteiger partial charge in [0.25, 0.3) is 0 Å². The van der Waals surface area contributed by atoms with E-state index in [1.807, 2.05) is 36.2 Å². The van der Waals surface area contributed by atoms with Gasteiger partial charge in [-0.25, -0.2) is 4.39 Å². The van der Waals surface area contributed by atoms with Gasteiger partial charge in [0, 0.05) is 18.3 Å². The molecule has 0 saturated heterocycles. The first-order valence-electron chi connectivity index (χ1n) is 6.39. The zero-order valence-corrected chi connectivity index (χ0v) is 11.8. The predicted molar refractivity (Wildman–Crippen MR) is 78.1 cm³/mol. The van der Waals surface area contributed by atoms with Gasteiger partial charge in [-0.1, -0.05) is 18.2 Å². The fourth-order valence-electron chi connectivity index (χ4n) is 2.27. The number of halogens is 1. The van der Waals surface area contributed by atoms with Crippen LogP contribution in [0.4, 0.5) is 15.8 Å². The maximum absolute atomic E-state index is 13.9. The number of hydrogen-bond acceptors (Lipinski definition) is 3. The lowest BCUT2D eigenvalue weighted by Gasteiger charge is -2.25. The van der Waals surface area contributed by atoms with Crippen LogP contribution in [0.2, 0.25) is 0 Å². The molecule has 0 unspecified atom stereocenters. The smallest absolute Gasteiger partial charge is 0.142 e. The van der Waals surface area contributed by atoms with Crippen LogP contribution in [0.5, 0.6) is 5.75 Å². The molecule has 0 aliphatic rings. The monoisotopic (exact) mass is 275 g/mol. The van der Waals surface area contributed by atoms with Crippen LogP contribution in [-0.4, -0.2) is 19.3 Å². The van der Waals surface area contributed by atoms with E-state index in [0.29, 0.717) is 11.4 Å². The third-order valence-electron chi connectivity index (χ3n) is 3.26. The zero-order chi connectivity index (χ0) is 14.7. The molecule has 0 aliphatic carbocycles. The van der Waals surface area contributed by atoms with Gasteiger partial charge in [0.05, 0.1) is 18.9 Å². The molecule has 2 aromatic carbocycles. The first kappa shape index (κ1) is 14.3. The summed E-state index contributed by atoms with van der Waals surface area (Å²) in [4.78, 5) is 1.81. The van der Waals surface area contributed by atoms with E-state index in [4.69, 9.17) is 4.74 Å². The Morgan fingerprint density at radius 3 is 2.40 bits per heavy atom. The number of anilines is 2. The first-order chi connectivity index (χ1) is 9.56. The highest BCUT2D eigenvalue weighted by molar-refractivity contribution is 5.71. The molecule has 0 radical (unpaired) electrons. The van der Waals surface area contributed by atoms with E-state index in [0.717, 1.165) is 5.69 Å². The normalized spacial score (nSPS) is 12.1. The number of methoxy groups -OCH3 is 1. The molecule has 1 atom stereocenters. The van der Waals surface area contributed by atoms with Crippen LogP contribution in [0.3, 0.4) is 0 Å². The molecule has 4 heteroatoms. The molecule has 2 aromatic rings. The van der Waals surface area contributed by atoms with Crippen LogP contribution in [0, 0.1) is 5.82 Å². The third kappa shape index (κ3) is 2.60. The van der Waals surface area contributed by atoms with Crippen molar-refractivity contribution in [2.75, 3.05) is 19.1 Å². The SMILES string of the molecule is COc1ccccc1N(C)c1cccc(F)c1[C@@H](C)O. The average Bonchev–Trinajstić information content (AvgIpc) is 2.45. The van der Waals surface area contributed by atoms with E-state index < -0.39 is 11.9 Å². The quantitative estimate of drug-likeness (QED) is 0.924. The lowest BCUT2D eigenvalue weighted by Crippen LogP contribution is -2.14. The number of aliphatic hydroxyl groups is 1. The summed E-state index contributed by atoms with van der Waals surface area (Å²) in [5.74, 6) is 0.273. The Morgan fingerprint density at radius 1 is 1.10 bits per heavy atom. The molecule has 0 saturated carbocycles. The van der Waals surface area contributed by atoms with E-state index >= 15 is 0 Å². The molecule has 0 fully saturated rings. The fourth-order valence-corrected chi connectivity index (χ4v) is 2.27. The first-order valence-corrected chi connectivity index (χ1v) is 6.39. The minimum Gasteiger partial charge on any atom is -0.495 e. The molecule has 0 aromatic heterocycles. The van der Waals surface area contributed by atoms with Crippen LogP contribution in [0.1, 0.15) is 18.6 Å². The fraction of sp³-hybridized carbons (Fsp3) is 0.250. The van der Waals surface area contributed by atoms with Gasteiger partial charge >= 0.3 is 0 Å². The minimum atomic E-state index is -0.886. The molecular weight excluding hydrogens is 257 g/mol. The predicted octanol–water partition coefficient (Wildman–Crippen LogP) is 3.66. The van der Waals surface area contributed by atoms with Crippen molar-refractivity contribution in [3.63, 3.8) is 0 Å². The van der Waals surface area contributed by atoms with Gasteiger partial charge in [-0.3, -0.25) is 0 Å². The van der Waals surface area contributed by atoms with E-state index in [1.54, 1.807) is 26.2 Å². The number of aliphatic hydroxyl groups excluding tert-OH is 1. The largest absolute Gasteiger partial charge is 0.495 e. The van der Waals surface area contributed by atoms with Gasteiger partial charge < -0.3 is 14.7 Å². The Bertz CT molecular complexity index is 599. The van der Waals surface area contributed by atoms with Crippen LogP contribution in [0.25, 0.3) is 0 Å². The summed E-state index contributed by atoms with van der Waals surface area (Å²) in [5.41, 5.74) is 1.70. The van der Waals surface area contributed by atoms with Crippen molar-refractivity contribution in [2.24, 2.45) is 0 Å². The molecule has 20 heavy (non-hydrogen) atoms. The Labute approximate surface area is 118 Å². The summed E-state index contributed by atoms with van der Waals surface area (Å²) < 4.78 is 19.3. The van der Waals surface area contributed by atoms with E-state index in [1.165, 1.54) is 6.07 Å². The maximum atomic E-state index is 13.9. The number of ether oxygens (including phenoxy) is 1. The number of benzene rings is 2. The average molecular weight is 275 g/mol. The number of rotatable bonds is 4. The topological polar surface area (TPSA) is 32.7 Å². The second-order valence-corrected chi connectivity index (χ2v) is 4.58. The van der Waals surface area contributed by atoms with Gasteiger partial charge in [0.2, 0.25) is 0 Å². The molecular formula is C16H18FNO2. The van der Waals surface area contributed by atoms with Crippen molar-refractivity contribution in [2.45, 2.75) is 13.0 Å². The van der Waals surface area contributed by atoms with Crippen LogP contribution < -0.4 is 9.64 Å². The molecule has 1 N–H and O–H groups in total. The van der Waals surface area contributed by atoms with Crippen molar-refractivity contribution in [3.05, 3.63) is 53.8 Å². The molecule has 0 amide bonds. The lowest BCUT2D eigenvalue weighted by atomic mass is 10.1. The van der Waals surface area contributed by atoms with Crippen molar-refractivity contribution < 1.29 is 14.2 Å². The van der Waals surface area contributed by atoms with E-state index in [2.05, 4.69) is 0 Å². The van der Waals surface area contributed by atoms with Gasteiger partial charge in [-0.15, -0.1) is 0 Å². The van der Waals surface area contributed by atoms with Gasteiger partial charge in [0.1, 0.15) is 11.6 Å². The van der Waals surface area contributed by atoms with Crippen LogP contribution >= 0.6 is 0 Å². The summed E-state index contributed by atoms with van der Waals surface area (Å²) in [6.07, 6.45) is -0.886. The number of para-hydroxylation sites is 2. The van der Waals surface area contributed by atoms with Crippen LogP contribution in [-0.2, 0) is 0 Å². The zero-order valence-electron chi connectivity index (χ0n) is 11.8. The Hall–Kier alpha value is -2.07. The third-order valence-corrected chi connectivity index (χ3v) is 3.26. The van der Waals surface area contributed by atoms with Gasteiger partial charge in [-0.05, 0) is 31.2 Å². The minimum absolute atomic E-state index is 0.279. The van der Waals surface area contributed by atoms with Gasteiger partial charge in [0.15, 0.2) is 0 Å². The Kier molecular flexibility index (Phi) is 4.25. The van der Waals surface area contributed by atoms with Crippen LogP contribution in [0.15, 0.2) is 42.5 Å². The molecule has 3 nitrogen and oxygen atoms in total. The molecule has 0 bridgehead atoms. The number of hydrogen-bond donors (Lipinski definition) is 1. The van der Waals surface area contributed by atoms with Crippen molar-refractivity contribution in [3.8, 4) is 5.75 Å². The van der Waals surface area contributed by atoms with E-state index in [-0.39, 0.29) is 5.56 Å². The summed E-state index contributed by atoms with van der Waals surface area (Å²) in [6, 6.07) is 12.2.